The Bertz CT molecular complexity index is 1260. The number of benzene rings is 4. The molecular formula is C27H21NO. The molecule has 0 radical (unpaired) electrons. The predicted molar refractivity (Wildman–Crippen MR) is 119 cm³/mol. The molecule has 29 heavy (non-hydrogen) atoms. The number of anilines is 3. The Balaban J connectivity index is 1.68. The summed E-state index contributed by atoms with van der Waals surface area (Å²) in [5.41, 5.74) is 8.42. The first kappa shape index (κ1) is 16.4. The van der Waals surface area contributed by atoms with Gasteiger partial charge in [0.25, 0.3) is 0 Å². The van der Waals surface area contributed by atoms with E-state index in [1.807, 2.05) is 6.07 Å². The molecule has 1 heterocycles. The molecule has 0 amide bonds. The Morgan fingerprint density at radius 3 is 2.24 bits per heavy atom. The quantitative estimate of drug-likeness (QED) is 0.299. The van der Waals surface area contributed by atoms with Gasteiger partial charge in [0.2, 0.25) is 0 Å². The Morgan fingerprint density at radius 1 is 0.655 bits per heavy atom. The zero-order valence-corrected chi connectivity index (χ0v) is 16.5. The van der Waals surface area contributed by atoms with Gasteiger partial charge in [0.15, 0.2) is 11.5 Å². The van der Waals surface area contributed by atoms with Crippen LogP contribution in [0.5, 0.6) is 11.5 Å². The number of rotatable bonds is 1. The van der Waals surface area contributed by atoms with E-state index in [0.29, 0.717) is 0 Å². The second kappa shape index (κ2) is 5.74. The maximum Gasteiger partial charge on any atom is 0.159 e. The lowest BCUT2D eigenvalue weighted by atomic mass is 9.82. The van der Waals surface area contributed by atoms with Crippen LogP contribution in [0.2, 0.25) is 0 Å². The second-order valence-corrected chi connectivity index (χ2v) is 8.25. The number of hydrogen-bond donors (Lipinski definition) is 0. The average Bonchev–Trinajstić information content (AvgIpc) is 3.00. The first-order valence-electron chi connectivity index (χ1n) is 10.1. The van der Waals surface area contributed by atoms with Gasteiger partial charge in [0.05, 0.1) is 11.4 Å². The molecule has 0 aromatic heterocycles. The van der Waals surface area contributed by atoms with Crippen molar-refractivity contribution >= 4 is 17.1 Å². The summed E-state index contributed by atoms with van der Waals surface area (Å²) in [6.45, 7) is 4.60. The van der Waals surface area contributed by atoms with Crippen molar-refractivity contribution in [3.05, 3.63) is 102 Å². The van der Waals surface area contributed by atoms with Crippen LogP contribution in [0.3, 0.4) is 0 Å². The molecule has 2 heteroatoms. The highest BCUT2D eigenvalue weighted by Crippen LogP contribution is 2.59. The number of para-hydroxylation sites is 3. The predicted octanol–water partition coefficient (Wildman–Crippen LogP) is 7.57. The minimum absolute atomic E-state index is 0.0428. The van der Waals surface area contributed by atoms with Gasteiger partial charge < -0.3 is 9.64 Å². The normalized spacial score (nSPS) is 15.0. The Morgan fingerprint density at radius 2 is 1.38 bits per heavy atom. The zero-order valence-electron chi connectivity index (χ0n) is 16.5. The molecule has 140 valence electrons. The van der Waals surface area contributed by atoms with Crippen LogP contribution in [0.25, 0.3) is 11.1 Å². The van der Waals surface area contributed by atoms with Crippen molar-refractivity contribution in [3.8, 4) is 22.6 Å². The highest BCUT2D eigenvalue weighted by atomic mass is 16.5. The lowest BCUT2D eigenvalue weighted by Gasteiger charge is -2.34. The van der Waals surface area contributed by atoms with Crippen LogP contribution in [0, 0.1) is 0 Å². The molecule has 4 aromatic carbocycles. The summed E-state index contributed by atoms with van der Waals surface area (Å²) in [6.07, 6.45) is 0. The molecule has 0 fully saturated rings. The summed E-state index contributed by atoms with van der Waals surface area (Å²) >= 11 is 0. The van der Waals surface area contributed by atoms with Crippen molar-refractivity contribution in [1.29, 1.82) is 0 Å². The van der Waals surface area contributed by atoms with Crippen LogP contribution in [0.4, 0.5) is 17.1 Å². The third kappa shape index (κ3) is 2.17. The van der Waals surface area contributed by atoms with E-state index in [1.165, 1.54) is 22.3 Å². The van der Waals surface area contributed by atoms with E-state index < -0.39 is 0 Å². The summed E-state index contributed by atoms with van der Waals surface area (Å²) in [4.78, 5) is 2.31. The van der Waals surface area contributed by atoms with Crippen molar-refractivity contribution in [2.45, 2.75) is 19.3 Å². The summed E-state index contributed by atoms with van der Waals surface area (Å²) in [5.74, 6) is 1.84. The van der Waals surface area contributed by atoms with E-state index in [9.17, 15) is 0 Å². The van der Waals surface area contributed by atoms with Crippen LogP contribution in [-0.2, 0) is 5.41 Å². The average molecular weight is 375 g/mol. The molecule has 6 rings (SSSR count). The molecule has 0 saturated heterocycles. The lowest BCUT2D eigenvalue weighted by molar-refractivity contribution is 0.478. The number of nitrogens with zero attached hydrogens (tertiary/aromatic N) is 1. The van der Waals surface area contributed by atoms with E-state index >= 15 is 0 Å². The Hall–Kier alpha value is -3.52. The molecule has 0 N–H and O–H groups in total. The fourth-order valence-corrected chi connectivity index (χ4v) is 4.85. The van der Waals surface area contributed by atoms with E-state index in [2.05, 4.69) is 104 Å². The van der Waals surface area contributed by atoms with Crippen LogP contribution in [0.15, 0.2) is 91.0 Å². The molecular weight excluding hydrogens is 354 g/mol. The van der Waals surface area contributed by atoms with Gasteiger partial charge in [0, 0.05) is 16.7 Å². The van der Waals surface area contributed by atoms with Crippen LogP contribution in [0.1, 0.15) is 25.0 Å². The molecule has 0 spiro atoms. The highest BCUT2D eigenvalue weighted by molar-refractivity contribution is 5.95. The van der Waals surface area contributed by atoms with Gasteiger partial charge in [-0.15, -0.1) is 0 Å². The van der Waals surface area contributed by atoms with Gasteiger partial charge in [-0.1, -0.05) is 74.5 Å². The smallest absolute Gasteiger partial charge is 0.159 e. The van der Waals surface area contributed by atoms with Gasteiger partial charge >= 0.3 is 0 Å². The summed E-state index contributed by atoms with van der Waals surface area (Å²) in [5, 5.41) is 0. The van der Waals surface area contributed by atoms with Gasteiger partial charge in [-0.3, -0.25) is 0 Å². The molecule has 2 aliphatic rings. The first-order valence-corrected chi connectivity index (χ1v) is 10.1. The summed E-state index contributed by atoms with van der Waals surface area (Å²) < 4.78 is 6.58. The fraction of sp³-hybridized carbons (Fsp3) is 0.111. The Kier molecular flexibility index (Phi) is 3.25. The minimum atomic E-state index is -0.0428. The molecule has 0 unspecified atom stereocenters. The van der Waals surface area contributed by atoms with E-state index in [1.54, 1.807) is 0 Å². The van der Waals surface area contributed by atoms with Crippen molar-refractivity contribution < 1.29 is 4.74 Å². The third-order valence-electron chi connectivity index (χ3n) is 6.25. The van der Waals surface area contributed by atoms with E-state index in [4.69, 9.17) is 4.74 Å². The molecule has 0 atom stereocenters. The van der Waals surface area contributed by atoms with Crippen molar-refractivity contribution in [3.63, 3.8) is 0 Å². The van der Waals surface area contributed by atoms with Crippen LogP contribution >= 0.6 is 0 Å². The molecule has 1 aliphatic carbocycles. The molecule has 0 bridgehead atoms. The van der Waals surface area contributed by atoms with E-state index in [0.717, 1.165) is 28.6 Å². The standard InChI is InChI=1S/C27H21NO/c1-27(2)20-13-7-6-12-19(20)25-21(27)16-17-23-26(25)29-24-15-9-8-14-22(24)28(23)18-10-4-3-5-11-18/h3-17H,1-2H3. The fourth-order valence-electron chi connectivity index (χ4n) is 4.85. The lowest BCUT2D eigenvalue weighted by Crippen LogP contribution is -2.18. The van der Waals surface area contributed by atoms with Gasteiger partial charge in [-0.2, -0.15) is 0 Å². The highest BCUT2D eigenvalue weighted by Gasteiger charge is 2.40. The number of ether oxygens (including phenoxy) is 1. The first-order chi connectivity index (χ1) is 14.2. The summed E-state index contributed by atoms with van der Waals surface area (Å²) in [6, 6.07) is 32.0. The maximum atomic E-state index is 6.58. The number of fused-ring (bicyclic) bond motifs is 6. The monoisotopic (exact) mass is 375 g/mol. The minimum Gasteiger partial charge on any atom is -0.452 e. The van der Waals surface area contributed by atoms with Crippen LogP contribution < -0.4 is 9.64 Å². The van der Waals surface area contributed by atoms with Crippen molar-refractivity contribution in [2.75, 3.05) is 4.90 Å². The third-order valence-corrected chi connectivity index (χ3v) is 6.25. The molecule has 4 aromatic rings. The largest absolute Gasteiger partial charge is 0.452 e. The molecule has 1 aliphatic heterocycles. The topological polar surface area (TPSA) is 12.5 Å². The zero-order chi connectivity index (χ0) is 19.6. The number of hydrogen-bond acceptors (Lipinski definition) is 2. The molecule has 2 nitrogen and oxygen atoms in total. The van der Waals surface area contributed by atoms with Gasteiger partial charge in [-0.25, -0.2) is 0 Å². The van der Waals surface area contributed by atoms with Gasteiger partial charge in [-0.05, 0) is 47.0 Å². The molecule has 0 saturated carbocycles. The second-order valence-electron chi connectivity index (χ2n) is 8.25. The maximum absolute atomic E-state index is 6.58. The van der Waals surface area contributed by atoms with Crippen molar-refractivity contribution in [2.24, 2.45) is 0 Å². The summed E-state index contributed by atoms with van der Waals surface area (Å²) in [7, 11) is 0. The Labute approximate surface area is 171 Å². The SMILES string of the molecule is CC1(C)c2ccccc2-c2c1ccc1c2Oc2ccccc2N1c1ccccc1. The van der Waals surface area contributed by atoms with Crippen molar-refractivity contribution in [1.82, 2.24) is 0 Å². The van der Waals surface area contributed by atoms with E-state index in [-0.39, 0.29) is 5.41 Å². The van der Waals surface area contributed by atoms with Crippen LogP contribution in [-0.4, -0.2) is 0 Å². The van der Waals surface area contributed by atoms with Gasteiger partial charge in [0.1, 0.15) is 0 Å².